The number of aromatic nitrogens is 2. The molecule has 0 N–H and O–H groups in total. The fraction of sp³-hybridized carbons (Fsp3) is 0.600. The van der Waals surface area contributed by atoms with Gasteiger partial charge in [-0.05, 0) is 31.8 Å². The molecule has 1 aromatic rings. The number of rotatable bonds is 4. The summed E-state index contributed by atoms with van der Waals surface area (Å²) in [6.07, 6.45) is 2.85. The maximum absolute atomic E-state index is 12.1. The standard InChI is InChI=1S/C15H22N2O3/c1-6-17-13-10(12(16-17)14(18)20-7-2)8-15(3,4)9-11(13)19-5/h9H,6-8H2,1-5H3. The second-order valence-corrected chi connectivity index (χ2v) is 5.59. The molecule has 1 aromatic heterocycles. The second-order valence-electron chi connectivity index (χ2n) is 5.59. The van der Waals surface area contributed by atoms with Gasteiger partial charge in [0.2, 0.25) is 0 Å². The van der Waals surface area contributed by atoms with Gasteiger partial charge in [0, 0.05) is 12.1 Å². The van der Waals surface area contributed by atoms with Gasteiger partial charge in [-0.25, -0.2) is 4.79 Å². The minimum Gasteiger partial charge on any atom is -0.495 e. The molecule has 0 fully saturated rings. The highest BCUT2D eigenvalue weighted by molar-refractivity contribution is 5.91. The van der Waals surface area contributed by atoms with Crippen molar-refractivity contribution >= 4 is 11.7 Å². The van der Waals surface area contributed by atoms with Crippen molar-refractivity contribution in [3.63, 3.8) is 0 Å². The minimum atomic E-state index is -0.357. The lowest BCUT2D eigenvalue weighted by Crippen LogP contribution is -2.21. The average molecular weight is 278 g/mol. The molecule has 0 unspecified atom stereocenters. The van der Waals surface area contributed by atoms with Gasteiger partial charge in [0.1, 0.15) is 11.5 Å². The monoisotopic (exact) mass is 278 g/mol. The van der Waals surface area contributed by atoms with Crippen LogP contribution in [0.5, 0.6) is 0 Å². The van der Waals surface area contributed by atoms with Crippen molar-refractivity contribution in [2.75, 3.05) is 13.7 Å². The molecule has 2 rings (SSSR count). The normalized spacial score (nSPS) is 16.4. The highest BCUT2D eigenvalue weighted by atomic mass is 16.5. The summed E-state index contributed by atoms with van der Waals surface area (Å²) in [4.78, 5) is 12.1. The average Bonchev–Trinajstić information content (AvgIpc) is 2.75. The van der Waals surface area contributed by atoms with E-state index in [0.29, 0.717) is 18.8 Å². The Balaban J connectivity index is 2.59. The second kappa shape index (κ2) is 5.31. The van der Waals surface area contributed by atoms with E-state index in [2.05, 4.69) is 25.0 Å². The van der Waals surface area contributed by atoms with Crippen LogP contribution in [0.1, 0.15) is 49.4 Å². The third-order valence-corrected chi connectivity index (χ3v) is 3.43. The lowest BCUT2D eigenvalue weighted by molar-refractivity contribution is 0.0517. The molecule has 5 nitrogen and oxygen atoms in total. The van der Waals surface area contributed by atoms with E-state index < -0.39 is 0 Å². The molecule has 0 amide bonds. The summed E-state index contributed by atoms with van der Waals surface area (Å²) < 4.78 is 12.4. The zero-order valence-electron chi connectivity index (χ0n) is 12.8. The largest absolute Gasteiger partial charge is 0.495 e. The van der Waals surface area contributed by atoms with Gasteiger partial charge in [-0.15, -0.1) is 0 Å². The molecule has 0 saturated heterocycles. The fourth-order valence-electron chi connectivity index (χ4n) is 2.62. The quantitative estimate of drug-likeness (QED) is 0.795. The van der Waals surface area contributed by atoms with Crippen LogP contribution in [0, 0.1) is 5.41 Å². The maximum atomic E-state index is 12.1. The molecule has 0 radical (unpaired) electrons. The molecule has 0 aromatic carbocycles. The predicted octanol–water partition coefficient (Wildman–Crippen LogP) is 2.65. The SMILES string of the molecule is CCOC(=O)c1nn(CC)c2c1CC(C)(C)C=C2OC. The van der Waals surface area contributed by atoms with Crippen LogP contribution in [0.4, 0.5) is 0 Å². The number of carbonyl (C=O) groups is 1. The Bertz CT molecular complexity index is 556. The summed E-state index contributed by atoms with van der Waals surface area (Å²) in [7, 11) is 1.65. The lowest BCUT2D eigenvalue weighted by Gasteiger charge is -2.27. The van der Waals surface area contributed by atoms with Crippen molar-refractivity contribution in [2.24, 2.45) is 5.41 Å². The third kappa shape index (κ3) is 2.44. The summed E-state index contributed by atoms with van der Waals surface area (Å²) in [6, 6.07) is 0. The van der Waals surface area contributed by atoms with Gasteiger partial charge < -0.3 is 9.47 Å². The van der Waals surface area contributed by atoms with Crippen molar-refractivity contribution < 1.29 is 14.3 Å². The first kappa shape index (κ1) is 14.6. The summed E-state index contributed by atoms with van der Waals surface area (Å²) in [5.74, 6) is 0.422. The Morgan fingerprint density at radius 2 is 2.15 bits per heavy atom. The molecular weight excluding hydrogens is 256 g/mol. The van der Waals surface area contributed by atoms with Gasteiger partial charge in [-0.2, -0.15) is 5.10 Å². The highest BCUT2D eigenvalue weighted by Crippen LogP contribution is 2.38. The Hall–Kier alpha value is -1.78. The maximum Gasteiger partial charge on any atom is 0.359 e. The Morgan fingerprint density at radius 3 is 2.70 bits per heavy atom. The molecule has 1 heterocycles. The molecule has 1 aliphatic rings. The van der Waals surface area contributed by atoms with Crippen LogP contribution in [-0.4, -0.2) is 29.5 Å². The van der Waals surface area contributed by atoms with Gasteiger partial charge in [-0.3, -0.25) is 4.68 Å². The van der Waals surface area contributed by atoms with Crippen LogP contribution in [0.3, 0.4) is 0 Å². The number of aryl methyl sites for hydroxylation is 1. The van der Waals surface area contributed by atoms with Crippen LogP contribution in [0.25, 0.3) is 5.76 Å². The number of carbonyl (C=O) groups excluding carboxylic acids is 1. The van der Waals surface area contributed by atoms with E-state index in [1.165, 1.54) is 0 Å². The van der Waals surface area contributed by atoms with Crippen molar-refractivity contribution in [1.29, 1.82) is 0 Å². The number of ether oxygens (including phenoxy) is 2. The zero-order chi connectivity index (χ0) is 14.9. The topological polar surface area (TPSA) is 53.3 Å². The predicted molar refractivity (Wildman–Crippen MR) is 76.3 cm³/mol. The number of nitrogens with zero attached hydrogens (tertiary/aromatic N) is 2. The smallest absolute Gasteiger partial charge is 0.359 e. The molecule has 0 aliphatic heterocycles. The number of hydrogen-bond donors (Lipinski definition) is 0. The van der Waals surface area contributed by atoms with Gasteiger partial charge in [0.15, 0.2) is 5.69 Å². The minimum absolute atomic E-state index is 0.0683. The Morgan fingerprint density at radius 1 is 1.45 bits per heavy atom. The highest BCUT2D eigenvalue weighted by Gasteiger charge is 2.34. The number of fused-ring (bicyclic) bond motifs is 1. The van der Waals surface area contributed by atoms with Gasteiger partial charge in [0.05, 0.1) is 13.7 Å². The summed E-state index contributed by atoms with van der Waals surface area (Å²) in [5.41, 5.74) is 2.17. The molecule has 20 heavy (non-hydrogen) atoms. The van der Waals surface area contributed by atoms with Crippen LogP contribution in [0.15, 0.2) is 6.08 Å². The molecule has 0 saturated carbocycles. The van der Waals surface area contributed by atoms with E-state index in [4.69, 9.17) is 9.47 Å². The van der Waals surface area contributed by atoms with Crippen LogP contribution in [-0.2, 0) is 22.4 Å². The first-order valence-corrected chi connectivity index (χ1v) is 6.97. The number of methoxy groups -OCH3 is 1. The van der Waals surface area contributed by atoms with Crippen molar-refractivity contribution in [3.8, 4) is 0 Å². The summed E-state index contributed by atoms with van der Waals surface area (Å²) in [6.45, 7) is 9.06. The van der Waals surface area contributed by atoms with E-state index in [0.717, 1.165) is 23.4 Å². The molecule has 0 atom stereocenters. The summed E-state index contributed by atoms with van der Waals surface area (Å²) in [5, 5.41) is 4.41. The van der Waals surface area contributed by atoms with E-state index >= 15 is 0 Å². The number of hydrogen-bond acceptors (Lipinski definition) is 4. The van der Waals surface area contributed by atoms with Gasteiger partial charge in [0.25, 0.3) is 0 Å². The van der Waals surface area contributed by atoms with Gasteiger partial charge >= 0.3 is 5.97 Å². The molecular formula is C15H22N2O3. The van der Waals surface area contributed by atoms with E-state index in [1.54, 1.807) is 14.0 Å². The first-order valence-electron chi connectivity index (χ1n) is 6.97. The molecule has 0 spiro atoms. The summed E-state index contributed by atoms with van der Waals surface area (Å²) >= 11 is 0. The van der Waals surface area contributed by atoms with Gasteiger partial charge in [-0.1, -0.05) is 13.8 Å². The van der Waals surface area contributed by atoms with Crippen LogP contribution < -0.4 is 0 Å². The van der Waals surface area contributed by atoms with Crippen molar-refractivity contribution in [1.82, 2.24) is 9.78 Å². The first-order chi connectivity index (χ1) is 9.43. The molecule has 1 aliphatic carbocycles. The molecule has 110 valence electrons. The lowest BCUT2D eigenvalue weighted by atomic mass is 9.80. The van der Waals surface area contributed by atoms with E-state index in [-0.39, 0.29) is 11.4 Å². The van der Waals surface area contributed by atoms with E-state index in [1.807, 2.05) is 11.6 Å². The van der Waals surface area contributed by atoms with E-state index in [9.17, 15) is 4.79 Å². The van der Waals surface area contributed by atoms with Crippen molar-refractivity contribution in [3.05, 3.63) is 23.0 Å². The zero-order valence-corrected chi connectivity index (χ0v) is 12.8. The molecule has 0 bridgehead atoms. The third-order valence-electron chi connectivity index (χ3n) is 3.43. The number of esters is 1. The molecule has 5 heteroatoms. The number of allylic oxidation sites excluding steroid dienone is 1. The van der Waals surface area contributed by atoms with Crippen molar-refractivity contribution in [2.45, 2.75) is 40.7 Å². The van der Waals surface area contributed by atoms with Crippen LogP contribution >= 0.6 is 0 Å². The Labute approximate surface area is 119 Å². The fourth-order valence-corrected chi connectivity index (χ4v) is 2.62. The van der Waals surface area contributed by atoms with Crippen LogP contribution in [0.2, 0.25) is 0 Å². The Kier molecular flexibility index (Phi) is 3.88.